The van der Waals surface area contributed by atoms with Crippen LogP contribution in [0.3, 0.4) is 0 Å². The molecule has 0 saturated heterocycles. The van der Waals surface area contributed by atoms with Gasteiger partial charge in [-0.15, -0.1) is 11.3 Å². The van der Waals surface area contributed by atoms with Crippen LogP contribution in [0.2, 0.25) is 5.02 Å². The van der Waals surface area contributed by atoms with Gasteiger partial charge in [0.1, 0.15) is 0 Å². The number of halogens is 1. The second-order valence-electron chi connectivity index (χ2n) is 5.72. The van der Waals surface area contributed by atoms with E-state index in [0.29, 0.717) is 5.02 Å². The van der Waals surface area contributed by atoms with Crippen molar-refractivity contribution in [2.24, 2.45) is 0 Å². The van der Waals surface area contributed by atoms with Crippen LogP contribution < -0.4 is 5.32 Å². The maximum absolute atomic E-state index is 9.59. The molecule has 0 spiro atoms. The van der Waals surface area contributed by atoms with Crippen LogP contribution in [0.4, 0.5) is 5.69 Å². The Kier molecular flexibility index (Phi) is 4.68. The second kappa shape index (κ2) is 6.12. The number of nitrogens with zero attached hydrogens (tertiary/aromatic N) is 1. The fourth-order valence-electron chi connectivity index (χ4n) is 1.78. The third-order valence-electron chi connectivity index (χ3n) is 2.87. The minimum absolute atomic E-state index is 0.0141. The quantitative estimate of drug-likeness (QED) is 0.888. The molecule has 2 aromatic rings. The molecule has 20 heavy (non-hydrogen) atoms. The molecule has 1 aromatic heterocycles. The maximum Gasteiger partial charge on any atom is 0.0982 e. The Morgan fingerprint density at radius 3 is 2.70 bits per heavy atom. The monoisotopic (exact) mass is 310 g/mol. The van der Waals surface area contributed by atoms with Crippen LogP contribution in [0.5, 0.6) is 0 Å². The standard InChI is InChI=1S/C15H19ClN2OS/c1-15(2,3)14-18-13(9-20-14)12(8-19)17-11-6-4-5-10(16)7-11/h4-7,9,12,17,19H,8H2,1-3H3. The summed E-state index contributed by atoms with van der Waals surface area (Å²) in [5, 5.41) is 16.6. The van der Waals surface area contributed by atoms with E-state index in [-0.39, 0.29) is 18.1 Å². The summed E-state index contributed by atoms with van der Waals surface area (Å²) in [6.45, 7) is 6.38. The van der Waals surface area contributed by atoms with Crippen molar-refractivity contribution in [2.75, 3.05) is 11.9 Å². The Hall–Kier alpha value is -1.10. The van der Waals surface area contributed by atoms with E-state index in [0.717, 1.165) is 16.4 Å². The zero-order valence-electron chi connectivity index (χ0n) is 11.9. The number of benzene rings is 1. The van der Waals surface area contributed by atoms with Gasteiger partial charge in [-0.2, -0.15) is 0 Å². The lowest BCUT2D eigenvalue weighted by atomic mass is 9.98. The maximum atomic E-state index is 9.59. The van der Waals surface area contributed by atoms with E-state index < -0.39 is 0 Å². The van der Waals surface area contributed by atoms with Crippen molar-refractivity contribution in [1.82, 2.24) is 4.98 Å². The van der Waals surface area contributed by atoms with Gasteiger partial charge in [0, 0.05) is 21.5 Å². The highest BCUT2D eigenvalue weighted by Crippen LogP contribution is 2.29. The summed E-state index contributed by atoms with van der Waals surface area (Å²) in [7, 11) is 0. The van der Waals surface area contributed by atoms with Crippen LogP contribution in [-0.2, 0) is 5.41 Å². The van der Waals surface area contributed by atoms with Gasteiger partial charge in [0.2, 0.25) is 0 Å². The first-order valence-electron chi connectivity index (χ1n) is 6.49. The predicted octanol–water partition coefficient (Wildman–Crippen LogP) is 4.24. The highest BCUT2D eigenvalue weighted by Gasteiger charge is 2.21. The number of hydrogen-bond acceptors (Lipinski definition) is 4. The summed E-state index contributed by atoms with van der Waals surface area (Å²) in [6.07, 6.45) is 0. The molecular formula is C15H19ClN2OS. The Morgan fingerprint density at radius 1 is 1.40 bits per heavy atom. The molecule has 1 aromatic carbocycles. The number of rotatable bonds is 4. The molecule has 1 heterocycles. The van der Waals surface area contributed by atoms with Gasteiger partial charge < -0.3 is 10.4 Å². The second-order valence-corrected chi connectivity index (χ2v) is 7.01. The average Bonchev–Trinajstić information content (AvgIpc) is 2.85. The zero-order valence-corrected chi connectivity index (χ0v) is 13.4. The molecule has 0 fully saturated rings. The number of anilines is 1. The summed E-state index contributed by atoms with van der Waals surface area (Å²) in [6, 6.07) is 7.23. The predicted molar refractivity (Wildman–Crippen MR) is 85.7 cm³/mol. The minimum atomic E-state index is -0.221. The molecule has 2 N–H and O–H groups in total. The van der Waals surface area contributed by atoms with Crippen molar-refractivity contribution in [3.63, 3.8) is 0 Å². The van der Waals surface area contributed by atoms with Crippen LogP contribution in [0.25, 0.3) is 0 Å². The molecule has 0 bridgehead atoms. The number of thiazole rings is 1. The van der Waals surface area contributed by atoms with E-state index in [1.165, 1.54) is 0 Å². The Bertz CT molecular complexity index is 577. The first kappa shape index (κ1) is 15.3. The summed E-state index contributed by atoms with van der Waals surface area (Å²) in [4.78, 5) is 4.63. The summed E-state index contributed by atoms with van der Waals surface area (Å²) < 4.78 is 0. The molecule has 0 saturated carbocycles. The molecule has 0 aliphatic heterocycles. The fraction of sp³-hybridized carbons (Fsp3) is 0.400. The topological polar surface area (TPSA) is 45.2 Å². The number of aliphatic hydroxyl groups excluding tert-OH is 1. The van der Waals surface area contributed by atoms with E-state index in [1.807, 2.05) is 29.6 Å². The average molecular weight is 311 g/mol. The molecule has 3 nitrogen and oxygen atoms in total. The smallest absolute Gasteiger partial charge is 0.0982 e. The van der Waals surface area contributed by atoms with E-state index in [9.17, 15) is 5.11 Å². The molecule has 0 amide bonds. The molecule has 0 aliphatic carbocycles. The number of hydrogen-bond donors (Lipinski definition) is 2. The van der Waals surface area contributed by atoms with E-state index in [1.54, 1.807) is 11.3 Å². The third-order valence-corrected chi connectivity index (χ3v) is 4.39. The first-order chi connectivity index (χ1) is 9.40. The SMILES string of the molecule is CC(C)(C)c1nc(C(CO)Nc2cccc(Cl)c2)cs1. The first-order valence-corrected chi connectivity index (χ1v) is 7.75. The van der Waals surface area contributed by atoms with Gasteiger partial charge in [-0.3, -0.25) is 0 Å². The van der Waals surface area contributed by atoms with Crippen LogP contribution in [0.15, 0.2) is 29.6 Å². The summed E-state index contributed by atoms with van der Waals surface area (Å²) >= 11 is 7.59. The van der Waals surface area contributed by atoms with Crippen LogP contribution in [0.1, 0.15) is 37.5 Å². The van der Waals surface area contributed by atoms with E-state index in [2.05, 4.69) is 31.1 Å². The van der Waals surface area contributed by atoms with Gasteiger partial charge in [-0.05, 0) is 18.2 Å². The van der Waals surface area contributed by atoms with Gasteiger partial charge in [-0.1, -0.05) is 38.4 Å². The Labute approximate surface area is 128 Å². The third kappa shape index (κ3) is 3.72. The zero-order chi connectivity index (χ0) is 14.8. The number of aliphatic hydroxyl groups is 1. The summed E-state index contributed by atoms with van der Waals surface area (Å²) in [5.74, 6) is 0. The van der Waals surface area contributed by atoms with E-state index in [4.69, 9.17) is 11.6 Å². The highest BCUT2D eigenvalue weighted by molar-refractivity contribution is 7.09. The van der Waals surface area contributed by atoms with Crippen LogP contribution in [0, 0.1) is 0 Å². The van der Waals surface area contributed by atoms with Gasteiger partial charge in [0.25, 0.3) is 0 Å². The van der Waals surface area contributed by atoms with Crippen molar-refractivity contribution in [3.8, 4) is 0 Å². The number of aromatic nitrogens is 1. The largest absolute Gasteiger partial charge is 0.394 e. The van der Waals surface area contributed by atoms with Crippen molar-refractivity contribution in [3.05, 3.63) is 45.4 Å². The van der Waals surface area contributed by atoms with E-state index >= 15 is 0 Å². The van der Waals surface area contributed by atoms with Crippen molar-refractivity contribution >= 4 is 28.6 Å². The minimum Gasteiger partial charge on any atom is -0.394 e. The molecule has 1 atom stereocenters. The highest BCUT2D eigenvalue weighted by atomic mass is 35.5. The lowest BCUT2D eigenvalue weighted by Crippen LogP contribution is -2.16. The van der Waals surface area contributed by atoms with Crippen molar-refractivity contribution in [1.29, 1.82) is 0 Å². The van der Waals surface area contributed by atoms with Gasteiger partial charge in [0.05, 0.1) is 23.4 Å². The molecule has 0 radical (unpaired) electrons. The fourth-order valence-corrected chi connectivity index (χ4v) is 2.93. The Balaban J connectivity index is 2.18. The van der Waals surface area contributed by atoms with Crippen LogP contribution in [-0.4, -0.2) is 16.7 Å². The molecule has 0 aliphatic rings. The lowest BCUT2D eigenvalue weighted by Gasteiger charge is -2.17. The summed E-state index contributed by atoms with van der Waals surface area (Å²) in [5.41, 5.74) is 1.77. The van der Waals surface area contributed by atoms with Gasteiger partial charge >= 0.3 is 0 Å². The molecule has 108 valence electrons. The normalized spacial score (nSPS) is 13.2. The van der Waals surface area contributed by atoms with Crippen molar-refractivity contribution in [2.45, 2.75) is 32.2 Å². The molecule has 5 heteroatoms. The molecular weight excluding hydrogens is 292 g/mol. The van der Waals surface area contributed by atoms with Gasteiger partial charge in [-0.25, -0.2) is 4.98 Å². The molecule has 1 unspecified atom stereocenters. The number of nitrogens with one attached hydrogen (secondary N) is 1. The van der Waals surface area contributed by atoms with Gasteiger partial charge in [0.15, 0.2) is 0 Å². The molecule has 2 rings (SSSR count). The lowest BCUT2D eigenvalue weighted by molar-refractivity contribution is 0.274. The van der Waals surface area contributed by atoms with Crippen molar-refractivity contribution < 1.29 is 5.11 Å². The van der Waals surface area contributed by atoms with Crippen LogP contribution >= 0.6 is 22.9 Å². The Morgan fingerprint density at radius 2 is 2.15 bits per heavy atom.